The summed E-state index contributed by atoms with van der Waals surface area (Å²) in [5.74, 6) is -0.316. The molecule has 100 valence electrons. The molecule has 0 amide bonds. The summed E-state index contributed by atoms with van der Waals surface area (Å²) in [6.45, 7) is 3.44. The maximum Gasteiger partial charge on any atom is 0.123 e. The lowest BCUT2D eigenvalue weighted by molar-refractivity contribution is 0.281. The van der Waals surface area contributed by atoms with Crippen LogP contribution in [-0.2, 0) is 13.2 Å². The van der Waals surface area contributed by atoms with Crippen LogP contribution in [0.4, 0.5) is 10.1 Å². The van der Waals surface area contributed by atoms with E-state index in [1.807, 2.05) is 25.1 Å². The normalized spacial score (nSPS) is 10.5. The molecule has 2 aromatic carbocycles. The van der Waals surface area contributed by atoms with Crippen LogP contribution in [0.2, 0.25) is 0 Å². The minimum Gasteiger partial charge on any atom is -0.392 e. The van der Waals surface area contributed by atoms with E-state index < -0.39 is 0 Å². The van der Waals surface area contributed by atoms with Crippen LogP contribution < -0.4 is 4.90 Å². The lowest BCUT2D eigenvalue weighted by Gasteiger charge is -2.25. The predicted octanol–water partition coefficient (Wildman–Crippen LogP) is 3.34. The van der Waals surface area contributed by atoms with Crippen molar-refractivity contribution >= 4 is 5.69 Å². The molecule has 0 unspecified atom stereocenters. The smallest absolute Gasteiger partial charge is 0.123 e. The van der Waals surface area contributed by atoms with Crippen molar-refractivity contribution in [1.82, 2.24) is 0 Å². The Morgan fingerprint density at radius 1 is 1.11 bits per heavy atom. The van der Waals surface area contributed by atoms with Gasteiger partial charge < -0.3 is 10.0 Å². The van der Waals surface area contributed by atoms with Crippen LogP contribution in [0.5, 0.6) is 0 Å². The van der Waals surface area contributed by atoms with Gasteiger partial charge in [-0.2, -0.15) is 0 Å². The molecule has 1 N–H and O–H groups in total. The number of halogens is 1. The highest BCUT2D eigenvalue weighted by Crippen LogP contribution is 2.23. The molecule has 0 heterocycles. The molecule has 0 saturated carbocycles. The zero-order valence-electron chi connectivity index (χ0n) is 11.0. The van der Waals surface area contributed by atoms with Gasteiger partial charge in [0.15, 0.2) is 0 Å². The second-order valence-electron chi connectivity index (χ2n) is 4.43. The van der Waals surface area contributed by atoms with Crippen LogP contribution in [0, 0.1) is 5.82 Å². The third-order valence-electron chi connectivity index (χ3n) is 3.15. The number of benzene rings is 2. The quantitative estimate of drug-likeness (QED) is 0.890. The van der Waals surface area contributed by atoms with Crippen molar-refractivity contribution in [3.8, 4) is 0 Å². The molecule has 0 aromatic heterocycles. The van der Waals surface area contributed by atoms with Crippen LogP contribution in [0.3, 0.4) is 0 Å². The van der Waals surface area contributed by atoms with Crippen LogP contribution in [0.1, 0.15) is 18.1 Å². The number of rotatable bonds is 5. The van der Waals surface area contributed by atoms with Gasteiger partial charge in [0.2, 0.25) is 0 Å². The van der Waals surface area contributed by atoms with Crippen LogP contribution >= 0.6 is 0 Å². The van der Waals surface area contributed by atoms with Crippen molar-refractivity contribution in [2.24, 2.45) is 0 Å². The van der Waals surface area contributed by atoms with Gasteiger partial charge in [-0.3, -0.25) is 0 Å². The Labute approximate surface area is 113 Å². The molecule has 0 aliphatic carbocycles. The summed E-state index contributed by atoms with van der Waals surface area (Å²) in [4.78, 5) is 2.13. The Kier molecular flexibility index (Phi) is 4.53. The maximum absolute atomic E-state index is 13.2. The summed E-state index contributed by atoms with van der Waals surface area (Å²) in [6.07, 6.45) is 0. The number of hydrogen-bond donors (Lipinski definition) is 1. The lowest BCUT2D eigenvalue weighted by Crippen LogP contribution is -2.23. The summed E-state index contributed by atoms with van der Waals surface area (Å²) in [5.41, 5.74) is 2.70. The van der Waals surface area contributed by atoms with Gasteiger partial charge in [0.05, 0.1) is 6.61 Å². The van der Waals surface area contributed by atoms with E-state index in [0.717, 1.165) is 18.8 Å². The minimum atomic E-state index is -0.316. The molecule has 0 aliphatic rings. The van der Waals surface area contributed by atoms with Crippen molar-refractivity contribution in [2.45, 2.75) is 20.1 Å². The molecule has 0 fully saturated rings. The molecule has 19 heavy (non-hydrogen) atoms. The second kappa shape index (κ2) is 6.34. The molecule has 0 radical (unpaired) electrons. The fourth-order valence-electron chi connectivity index (χ4n) is 2.16. The SMILES string of the molecule is CCN(Cc1ccccc1)c1ccc(F)cc1CO. The summed E-state index contributed by atoms with van der Waals surface area (Å²) in [5, 5.41) is 9.36. The van der Waals surface area contributed by atoms with Gasteiger partial charge in [-0.15, -0.1) is 0 Å². The molecule has 0 saturated heterocycles. The first-order valence-corrected chi connectivity index (χ1v) is 6.42. The predicted molar refractivity (Wildman–Crippen MR) is 75.5 cm³/mol. The van der Waals surface area contributed by atoms with Crippen molar-refractivity contribution < 1.29 is 9.50 Å². The Hall–Kier alpha value is -1.87. The van der Waals surface area contributed by atoms with E-state index in [1.165, 1.54) is 17.7 Å². The average molecular weight is 259 g/mol. The first-order chi connectivity index (χ1) is 9.24. The first-order valence-electron chi connectivity index (χ1n) is 6.42. The zero-order chi connectivity index (χ0) is 13.7. The Morgan fingerprint density at radius 2 is 1.84 bits per heavy atom. The number of nitrogens with zero attached hydrogens (tertiary/aromatic N) is 1. The van der Waals surface area contributed by atoms with Crippen LogP contribution in [0.15, 0.2) is 48.5 Å². The molecule has 2 nitrogen and oxygen atoms in total. The average Bonchev–Trinajstić information content (AvgIpc) is 2.46. The highest BCUT2D eigenvalue weighted by Gasteiger charge is 2.10. The third-order valence-corrected chi connectivity index (χ3v) is 3.15. The monoisotopic (exact) mass is 259 g/mol. The van der Waals surface area contributed by atoms with Gasteiger partial charge in [0.1, 0.15) is 5.82 Å². The standard InChI is InChI=1S/C16H18FNO/c1-2-18(11-13-6-4-3-5-7-13)16-9-8-15(17)10-14(16)12-19/h3-10,19H,2,11-12H2,1H3. The molecular weight excluding hydrogens is 241 g/mol. The number of anilines is 1. The van der Waals surface area contributed by atoms with E-state index in [-0.39, 0.29) is 12.4 Å². The van der Waals surface area contributed by atoms with Gasteiger partial charge in [-0.1, -0.05) is 30.3 Å². The van der Waals surface area contributed by atoms with Crippen molar-refractivity contribution in [3.63, 3.8) is 0 Å². The Morgan fingerprint density at radius 3 is 2.47 bits per heavy atom. The zero-order valence-corrected chi connectivity index (χ0v) is 11.0. The van der Waals surface area contributed by atoms with E-state index in [1.54, 1.807) is 6.07 Å². The highest BCUT2D eigenvalue weighted by molar-refractivity contribution is 5.54. The molecule has 3 heteroatoms. The maximum atomic E-state index is 13.2. The summed E-state index contributed by atoms with van der Waals surface area (Å²) in [7, 11) is 0. The van der Waals surface area contributed by atoms with Crippen molar-refractivity contribution in [1.29, 1.82) is 0 Å². The fraction of sp³-hybridized carbons (Fsp3) is 0.250. The molecular formula is C16H18FNO. The van der Waals surface area contributed by atoms with Crippen LogP contribution in [0.25, 0.3) is 0 Å². The van der Waals surface area contributed by atoms with Crippen LogP contribution in [-0.4, -0.2) is 11.7 Å². The van der Waals surface area contributed by atoms with E-state index in [0.29, 0.717) is 5.56 Å². The summed E-state index contributed by atoms with van der Waals surface area (Å²) >= 11 is 0. The van der Waals surface area contributed by atoms with Gasteiger partial charge in [0.25, 0.3) is 0 Å². The Bertz CT molecular complexity index is 528. The van der Waals surface area contributed by atoms with Crippen molar-refractivity contribution in [2.75, 3.05) is 11.4 Å². The molecule has 0 spiro atoms. The number of aliphatic hydroxyl groups is 1. The van der Waals surface area contributed by atoms with Gasteiger partial charge >= 0.3 is 0 Å². The molecule has 0 aliphatic heterocycles. The number of aliphatic hydroxyl groups excluding tert-OH is 1. The largest absolute Gasteiger partial charge is 0.392 e. The first kappa shape index (κ1) is 13.6. The topological polar surface area (TPSA) is 23.5 Å². The second-order valence-corrected chi connectivity index (χ2v) is 4.43. The highest BCUT2D eigenvalue weighted by atomic mass is 19.1. The van der Waals surface area contributed by atoms with E-state index in [4.69, 9.17) is 0 Å². The Balaban J connectivity index is 2.27. The third kappa shape index (κ3) is 3.32. The van der Waals surface area contributed by atoms with E-state index in [9.17, 15) is 9.50 Å². The van der Waals surface area contributed by atoms with Gasteiger partial charge in [-0.05, 0) is 30.7 Å². The van der Waals surface area contributed by atoms with E-state index >= 15 is 0 Å². The lowest BCUT2D eigenvalue weighted by atomic mass is 10.1. The molecule has 2 aromatic rings. The van der Waals surface area contributed by atoms with E-state index in [2.05, 4.69) is 17.0 Å². The number of hydrogen-bond acceptors (Lipinski definition) is 2. The van der Waals surface area contributed by atoms with Gasteiger partial charge in [0, 0.05) is 24.3 Å². The van der Waals surface area contributed by atoms with Gasteiger partial charge in [-0.25, -0.2) is 4.39 Å². The molecule has 2 rings (SSSR count). The fourth-order valence-corrected chi connectivity index (χ4v) is 2.16. The summed E-state index contributed by atoms with van der Waals surface area (Å²) < 4.78 is 13.2. The molecule has 0 atom stereocenters. The van der Waals surface area contributed by atoms with Crippen molar-refractivity contribution in [3.05, 3.63) is 65.5 Å². The summed E-state index contributed by atoms with van der Waals surface area (Å²) in [6, 6.07) is 14.7. The molecule has 0 bridgehead atoms. The minimum absolute atomic E-state index is 0.154.